The molecule has 1 aromatic heterocycles. The number of hydrogen-bond acceptors (Lipinski definition) is 18. The number of carbonyl (C=O) groups is 3. The molecule has 0 aliphatic carbocycles. The van der Waals surface area contributed by atoms with Crippen LogP contribution >= 0.6 is 15.6 Å². The summed E-state index contributed by atoms with van der Waals surface area (Å²) < 4.78 is 58.9. The number of nitrogens with two attached hydrogens (primary N) is 1. The van der Waals surface area contributed by atoms with E-state index in [2.05, 4.69) is 16.2 Å². The highest BCUT2D eigenvalue weighted by Crippen LogP contribution is 2.60. The van der Waals surface area contributed by atoms with Crippen LogP contribution in [0.15, 0.2) is 41.4 Å². The lowest BCUT2D eigenvalue weighted by Gasteiger charge is -2.38. The number of aliphatic hydroxyl groups is 4. The van der Waals surface area contributed by atoms with Gasteiger partial charge in [-0.1, -0.05) is 147 Å². The molecule has 0 amide bonds. The normalized spacial score (nSPS) is 29.5. The first-order valence-electron chi connectivity index (χ1n) is 26.5. The summed E-state index contributed by atoms with van der Waals surface area (Å²) >= 11 is 0. The van der Waals surface area contributed by atoms with Gasteiger partial charge < -0.3 is 50.2 Å². The van der Waals surface area contributed by atoms with Crippen molar-refractivity contribution in [3.05, 3.63) is 47.1 Å². The van der Waals surface area contributed by atoms with E-state index < -0.39 is 120 Å². The van der Waals surface area contributed by atoms with Gasteiger partial charge in [0.2, 0.25) is 0 Å². The molecule has 0 radical (unpaired) electrons. The molecule has 0 saturated carbocycles. The van der Waals surface area contributed by atoms with Crippen molar-refractivity contribution in [1.29, 1.82) is 0 Å². The van der Waals surface area contributed by atoms with Gasteiger partial charge in [-0.2, -0.15) is 9.29 Å². The average molecular weight is 1080 g/mol. The second kappa shape index (κ2) is 35.2. The van der Waals surface area contributed by atoms with Crippen molar-refractivity contribution in [1.82, 2.24) is 9.55 Å². The fourth-order valence-corrected chi connectivity index (χ4v) is 10.8. The number of Topliss-reactive ketones (excluding diaryl/α,β-unsaturated/α-hetero) is 1. The van der Waals surface area contributed by atoms with E-state index >= 15 is 0 Å². The number of ketones is 1. The molecule has 2 aliphatic rings. The summed E-state index contributed by atoms with van der Waals surface area (Å²) in [6.45, 7) is 1.45. The van der Waals surface area contributed by atoms with Crippen LogP contribution in [0.4, 0.5) is 5.82 Å². The second-order valence-corrected chi connectivity index (χ2v) is 22.2. The number of allylic oxidation sites excluding steroid dienone is 2. The Kier molecular flexibility index (Phi) is 30.9. The summed E-state index contributed by atoms with van der Waals surface area (Å²) in [7, 11) is -11.3. The van der Waals surface area contributed by atoms with Crippen LogP contribution in [0, 0.1) is 11.8 Å². The number of anilines is 1. The zero-order valence-corrected chi connectivity index (χ0v) is 44.7. The Morgan fingerprint density at radius 3 is 2.04 bits per heavy atom. The number of rotatable bonds is 24. The molecule has 2 unspecified atom stereocenters. The minimum absolute atomic E-state index is 0.000422. The number of ether oxygens (including phenoxy) is 3. The maximum Gasteiger partial charge on any atom is 0.481 e. The minimum atomic E-state index is -5.72. The first-order chi connectivity index (χ1) is 34.9. The van der Waals surface area contributed by atoms with Crippen molar-refractivity contribution in [2.24, 2.45) is 11.8 Å². The number of nitrogens with zero attached hydrogens (tertiary/aromatic N) is 2. The molecule has 3 rings (SSSR count). The number of phosphoric acid groups is 2. The van der Waals surface area contributed by atoms with Gasteiger partial charge in [0, 0.05) is 31.4 Å². The van der Waals surface area contributed by atoms with Gasteiger partial charge in [-0.3, -0.25) is 28.0 Å². The van der Waals surface area contributed by atoms with Crippen molar-refractivity contribution in [3.63, 3.8) is 0 Å². The first kappa shape index (κ1) is 64.1. The number of hydrogen-bond donors (Lipinski definition) is 7. The van der Waals surface area contributed by atoms with Gasteiger partial charge in [0.1, 0.15) is 36.6 Å². The van der Waals surface area contributed by atoms with Crippen molar-refractivity contribution in [2.45, 2.75) is 217 Å². The van der Waals surface area contributed by atoms with E-state index in [1.807, 2.05) is 6.92 Å². The molecule has 0 aromatic carbocycles. The van der Waals surface area contributed by atoms with Crippen molar-refractivity contribution >= 4 is 39.2 Å². The van der Waals surface area contributed by atoms with E-state index in [4.69, 9.17) is 29.0 Å². The Morgan fingerprint density at radius 2 is 1.42 bits per heavy atom. The van der Waals surface area contributed by atoms with E-state index in [0.717, 1.165) is 49.3 Å². The number of nitrogen functional groups attached to an aromatic ring is 1. The molecule has 418 valence electrons. The highest BCUT2D eigenvalue weighted by atomic mass is 31.3. The minimum Gasteiger partial charge on any atom is -0.462 e. The van der Waals surface area contributed by atoms with Crippen LogP contribution in [-0.2, 0) is 51.1 Å². The summed E-state index contributed by atoms with van der Waals surface area (Å²) in [4.78, 5) is 78.4. The predicted molar refractivity (Wildman–Crippen MR) is 271 cm³/mol. The van der Waals surface area contributed by atoms with Crippen LogP contribution in [0.5, 0.6) is 0 Å². The van der Waals surface area contributed by atoms with E-state index in [-0.39, 0.29) is 37.9 Å². The van der Waals surface area contributed by atoms with Crippen LogP contribution in [0.1, 0.15) is 181 Å². The molecule has 1 saturated heterocycles. The van der Waals surface area contributed by atoms with E-state index in [9.17, 15) is 58.5 Å². The largest absolute Gasteiger partial charge is 0.481 e. The number of unbranched alkanes of at least 4 members (excludes halogenated alkanes) is 16. The maximum absolute atomic E-state index is 14.3. The number of fused-ring (bicyclic) bond motifs is 3. The third-order valence-corrected chi connectivity index (χ3v) is 15.5. The molecule has 2 bridgehead atoms. The Labute approximate surface area is 430 Å². The van der Waals surface area contributed by atoms with E-state index in [1.165, 1.54) is 82.4 Å². The first-order valence-corrected chi connectivity index (χ1v) is 29.4. The summed E-state index contributed by atoms with van der Waals surface area (Å²) in [5.74, 6) is -5.14. The summed E-state index contributed by atoms with van der Waals surface area (Å²) in [6, 6.07) is 1.21. The van der Waals surface area contributed by atoms with Crippen LogP contribution in [0.3, 0.4) is 0 Å². The van der Waals surface area contributed by atoms with Crippen LogP contribution in [-0.4, -0.2) is 114 Å². The van der Waals surface area contributed by atoms with Gasteiger partial charge in [0.15, 0.2) is 6.10 Å². The zero-order chi connectivity index (χ0) is 53.7. The summed E-state index contributed by atoms with van der Waals surface area (Å²) in [6.07, 6.45) is 14.2. The van der Waals surface area contributed by atoms with Gasteiger partial charge in [0.25, 0.3) is 0 Å². The Hall–Kier alpha value is -3.17. The van der Waals surface area contributed by atoms with Crippen LogP contribution in [0.25, 0.3) is 0 Å². The standard InChI is InChI=1S/C50H85N3O18P2/c1-3-5-7-8-9-10-11-12-13-14-15-16-17-18-24-28-46(58)69-38-34-66-45(57)27-23-20-19-22-26-40-42(56)33-41(55)39(30-29-37(54)25-21-6-4-2)47(59)48(60)43(36-68-73(64,65)71-72(62,63)67-35-38)70-49(40)53-32-31-44(51)52-50(53)61/h19,22,29-32,37-41,43,47-49,54-55,59-60H,3-18,20-21,23-28,33-36H2,1-2H3,(H,62,63)(H,64,65)(H2,51,52,61)/b22-19-,30-29?/t37-,38+,39-,40-,41+,43+,47-,48+,49+/m0/s1. The number of carbonyl (C=O) groups excluding carboxylic acids is 3. The Balaban J connectivity index is 1.79. The van der Waals surface area contributed by atoms with Crippen molar-refractivity contribution in [2.75, 3.05) is 25.6 Å². The third kappa shape index (κ3) is 26.0. The highest BCUT2D eigenvalue weighted by molar-refractivity contribution is 7.61. The lowest BCUT2D eigenvalue weighted by molar-refractivity contribution is -0.183. The number of aromatic nitrogens is 2. The van der Waals surface area contributed by atoms with Crippen LogP contribution in [0.2, 0.25) is 0 Å². The smallest absolute Gasteiger partial charge is 0.462 e. The molecule has 8 N–H and O–H groups in total. The lowest BCUT2D eigenvalue weighted by atomic mass is 9.83. The molecule has 1 fully saturated rings. The fourth-order valence-electron chi connectivity index (χ4n) is 8.65. The Bertz CT molecular complexity index is 1990. The summed E-state index contributed by atoms with van der Waals surface area (Å²) in [5.41, 5.74) is 4.72. The van der Waals surface area contributed by atoms with Crippen LogP contribution < -0.4 is 11.4 Å². The maximum atomic E-state index is 14.3. The number of esters is 2. The third-order valence-electron chi connectivity index (χ3n) is 12.9. The molecular formula is C50H85N3O18P2. The summed E-state index contributed by atoms with van der Waals surface area (Å²) in [5, 5.41) is 45.5. The molecular weight excluding hydrogens is 993 g/mol. The fraction of sp³-hybridized carbons (Fsp3) is 0.780. The molecule has 0 spiro atoms. The zero-order valence-electron chi connectivity index (χ0n) is 42.9. The Morgan fingerprint density at radius 1 is 0.836 bits per heavy atom. The molecule has 3 heterocycles. The van der Waals surface area contributed by atoms with Crippen molar-refractivity contribution in [3.8, 4) is 0 Å². The second-order valence-electron chi connectivity index (χ2n) is 19.2. The monoisotopic (exact) mass is 1080 g/mol. The SMILES string of the molecule is CCCCCCCCCCCCCCCCCC(=O)O[C@@H]1COC(=O)CCC/C=C\C[C@H]2C(=O)C[C@@H](O)[C@H](C=C[C@@H](O)CCCCC)[C@H](O)[C@H](O)[C@@H](COP(=O)(O)OP(=O)(O)OC1)O[C@H]2n1ccc(N)nc1=O. The highest BCUT2D eigenvalue weighted by Gasteiger charge is 2.45. The molecule has 2 aliphatic heterocycles. The number of phosphoric ester groups is 2. The quantitative estimate of drug-likeness (QED) is 0.0227. The van der Waals surface area contributed by atoms with Gasteiger partial charge in [-0.05, 0) is 38.2 Å². The molecule has 21 nitrogen and oxygen atoms in total. The topological polar surface area (TPSA) is 323 Å². The molecule has 1 aromatic rings. The molecule has 73 heavy (non-hydrogen) atoms. The molecule has 23 heteroatoms. The van der Waals surface area contributed by atoms with E-state index in [0.29, 0.717) is 19.3 Å². The molecule has 11 atom stereocenters. The average Bonchev–Trinajstić information content (AvgIpc) is 3.33. The van der Waals surface area contributed by atoms with Gasteiger partial charge in [0.05, 0.1) is 37.4 Å². The van der Waals surface area contributed by atoms with Gasteiger partial charge in [-0.15, -0.1) is 0 Å². The lowest BCUT2D eigenvalue weighted by Crippen LogP contribution is -2.51. The predicted octanol–water partition coefficient (Wildman–Crippen LogP) is 7.59. The van der Waals surface area contributed by atoms with Gasteiger partial charge in [-0.25, -0.2) is 13.9 Å². The number of cyclic esters (lactones) is 1. The van der Waals surface area contributed by atoms with E-state index in [1.54, 1.807) is 12.2 Å². The number of aliphatic hydroxyl groups excluding tert-OH is 4. The van der Waals surface area contributed by atoms with Gasteiger partial charge >= 0.3 is 33.3 Å². The van der Waals surface area contributed by atoms with Crippen molar-refractivity contribution < 1.29 is 81.3 Å².